The molecule has 0 aromatic carbocycles. The molecule has 4 nitrogen and oxygen atoms in total. The number of hydrogen-bond acceptors (Lipinski definition) is 2. The largest absolute Gasteiger partial charge is 0.481 e. The summed E-state index contributed by atoms with van der Waals surface area (Å²) in [5.41, 5.74) is 1.19. The van der Waals surface area contributed by atoms with Gasteiger partial charge in [-0.05, 0) is 38.6 Å². The fraction of sp³-hybridized carbons (Fsp3) is 0.545. The van der Waals surface area contributed by atoms with Crippen LogP contribution in [0.4, 0.5) is 0 Å². The molecule has 0 atom stereocenters. The van der Waals surface area contributed by atoms with Crippen molar-refractivity contribution in [2.45, 2.75) is 25.8 Å². The molecule has 0 spiro atoms. The SMILES string of the molecule is CN(CCCCC(=O)O)Cc1ccc[nH]1. The molecule has 0 bridgehead atoms. The van der Waals surface area contributed by atoms with Gasteiger partial charge in [0.2, 0.25) is 0 Å². The first-order valence-corrected chi connectivity index (χ1v) is 5.21. The highest BCUT2D eigenvalue weighted by molar-refractivity contribution is 5.66. The quantitative estimate of drug-likeness (QED) is 0.673. The number of nitrogens with one attached hydrogen (secondary N) is 1. The Balaban J connectivity index is 2.08. The predicted molar refractivity (Wildman–Crippen MR) is 58.6 cm³/mol. The van der Waals surface area contributed by atoms with Crippen LogP contribution in [0, 0.1) is 0 Å². The van der Waals surface area contributed by atoms with E-state index in [0.717, 1.165) is 25.9 Å². The van der Waals surface area contributed by atoms with Crippen LogP contribution in [0.1, 0.15) is 25.0 Å². The lowest BCUT2D eigenvalue weighted by Crippen LogP contribution is -2.19. The molecule has 0 saturated heterocycles. The fourth-order valence-electron chi connectivity index (χ4n) is 1.49. The van der Waals surface area contributed by atoms with Gasteiger partial charge in [0.15, 0.2) is 0 Å². The van der Waals surface area contributed by atoms with E-state index in [2.05, 4.69) is 9.88 Å². The molecule has 0 unspecified atom stereocenters. The molecule has 1 heterocycles. The van der Waals surface area contributed by atoms with E-state index in [0.29, 0.717) is 0 Å². The van der Waals surface area contributed by atoms with Crippen LogP contribution in [-0.4, -0.2) is 34.6 Å². The van der Waals surface area contributed by atoms with Gasteiger partial charge in [-0.3, -0.25) is 4.79 Å². The highest BCUT2D eigenvalue weighted by Crippen LogP contribution is 2.02. The van der Waals surface area contributed by atoms with E-state index < -0.39 is 5.97 Å². The van der Waals surface area contributed by atoms with E-state index in [1.165, 1.54) is 5.69 Å². The lowest BCUT2D eigenvalue weighted by molar-refractivity contribution is -0.137. The second-order valence-electron chi connectivity index (χ2n) is 3.78. The van der Waals surface area contributed by atoms with Crippen LogP contribution in [0.5, 0.6) is 0 Å². The predicted octanol–water partition coefficient (Wildman–Crippen LogP) is 1.70. The van der Waals surface area contributed by atoms with Crippen LogP contribution in [0.15, 0.2) is 18.3 Å². The van der Waals surface area contributed by atoms with Crippen molar-refractivity contribution in [3.05, 3.63) is 24.0 Å². The maximum atomic E-state index is 10.3. The van der Waals surface area contributed by atoms with Crippen molar-refractivity contribution in [2.24, 2.45) is 0 Å². The molecule has 15 heavy (non-hydrogen) atoms. The third kappa shape index (κ3) is 5.22. The zero-order chi connectivity index (χ0) is 11.1. The molecule has 0 radical (unpaired) electrons. The molecule has 84 valence electrons. The van der Waals surface area contributed by atoms with Gasteiger partial charge in [-0.2, -0.15) is 0 Å². The van der Waals surface area contributed by atoms with Crippen LogP contribution in [0.3, 0.4) is 0 Å². The van der Waals surface area contributed by atoms with Crippen LogP contribution < -0.4 is 0 Å². The molecule has 1 rings (SSSR count). The van der Waals surface area contributed by atoms with Crippen LogP contribution in [0.25, 0.3) is 0 Å². The Morgan fingerprint density at radius 2 is 2.33 bits per heavy atom. The molecule has 0 aliphatic rings. The van der Waals surface area contributed by atoms with Crippen molar-refractivity contribution in [1.29, 1.82) is 0 Å². The van der Waals surface area contributed by atoms with Gasteiger partial charge in [-0.15, -0.1) is 0 Å². The molecular formula is C11H18N2O2. The standard InChI is InChI=1S/C11H18N2O2/c1-13(8-3-2-6-11(14)15)9-10-5-4-7-12-10/h4-5,7,12H,2-3,6,8-9H2,1H3,(H,14,15). The maximum Gasteiger partial charge on any atom is 0.303 e. The summed E-state index contributed by atoms with van der Waals surface area (Å²) < 4.78 is 0. The molecule has 1 aromatic rings. The number of aromatic amines is 1. The highest BCUT2D eigenvalue weighted by atomic mass is 16.4. The molecule has 0 aliphatic carbocycles. The number of aromatic nitrogens is 1. The third-order valence-corrected chi connectivity index (χ3v) is 2.28. The maximum absolute atomic E-state index is 10.3. The van der Waals surface area contributed by atoms with Crippen molar-refractivity contribution in [3.8, 4) is 0 Å². The number of aliphatic carboxylic acids is 1. The number of carboxylic acids is 1. The Hall–Kier alpha value is -1.29. The van der Waals surface area contributed by atoms with Crippen molar-refractivity contribution in [3.63, 3.8) is 0 Å². The van der Waals surface area contributed by atoms with E-state index in [4.69, 9.17) is 5.11 Å². The van der Waals surface area contributed by atoms with Gasteiger partial charge < -0.3 is 15.0 Å². The van der Waals surface area contributed by atoms with E-state index in [-0.39, 0.29) is 6.42 Å². The molecule has 4 heteroatoms. The first-order valence-electron chi connectivity index (χ1n) is 5.21. The Morgan fingerprint density at radius 3 is 2.93 bits per heavy atom. The normalized spacial score (nSPS) is 10.8. The van der Waals surface area contributed by atoms with Crippen molar-refractivity contribution in [1.82, 2.24) is 9.88 Å². The summed E-state index contributed by atoms with van der Waals surface area (Å²) in [4.78, 5) is 15.6. The minimum Gasteiger partial charge on any atom is -0.481 e. The van der Waals surface area contributed by atoms with E-state index >= 15 is 0 Å². The summed E-state index contributed by atoms with van der Waals surface area (Å²) in [6.45, 7) is 1.83. The van der Waals surface area contributed by atoms with Gasteiger partial charge in [0.05, 0.1) is 0 Å². The Bertz CT molecular complexity index is 283. The number of nitrogens with zero attached hydrogens (tertiary/aromatic N) is 1. The Labute approximate surface area is 89.9 Å². The lowest BCUT2D eigenvalue weighted by atomic mass is 10.2. The smallest absolute Gasteiger partial charge is 0.303 e. The summed E-state index contributed by atoms with van der Waals surface area (Å²) >= 11 is 0. The van der Waals surface area contributed by atoms with Crippen molar-refractivity contribution >= 4 is 5.97 Å². The first-order chi connectivity index (χ1) is 7.18. The van der Waals surface area contributed by atoms with E-state index in [1.54, 1.807) is 0 Å². The van der Waals surface area contributed by atoms with Gasteiger partial charge in [-0.25, -0.2) is 0 Å². The van der Waals surface area contributed by atoms with Crippen LogP contribution in [-0.2, 0) is 11.3 Å². The topological polar surface area (TPSA) is 56.3 Å². The molecule has 0 saturated carbocycles. The number of H-pyrrole nitrogens is 1. The minimum atomic E-state index is -0.706. The third-order valence-electron chi connectivity index (χ3n) is 2.28. The average Bonchev–Trinajstić information content (AvgIpc) is 2.64. The number of hydrogen-bond donors (Lipinski definition) is 2. The second-order valence-corrected chi connectivity index (χ2v) is 3.78. The number of rotatable bonds is 7. The average molecular weight is 210 g/mol. The number of carboxylic acid groups (broad SMARTS) is 1. The molecule has 2 N–H and O–H groups in total. The summed E-state index contributed by atoms with van der Waals surface area (Å²) in [5, 5.41) is 8.47. The molecule has 0 fully saturated rings. The summed E-state index contributed by atoms with van der Waals surface area (Å²) in [6.07, 6.45) is 3.87. The highest BCUT2D eigenvalue weighted by Gasteiger charge is 2.01. The summed E-state index contributed by atoms with van der Waals surface area (Å²) in [5.74, 6) is -0.706. The summed E-state index contributed by atoms with van der Waals surface area (Å²) in [7, 11) is 2.04. The van der Waals surface area contributed by atoms with Gasteiger partial charge >= 0.3 is 5.97 Å². The Morgan fingerprint density at radius 1 is 1.53 bits per heavy atom. The zero-order valence-electron chi connectivity index (χ0n) is 9.07. The summed E-state index contributed by atoms with van der Waals surface area (Å²) in [6, 6.07) is 4.03. The van der Waals surface area contributed by atoms with E-state index in [1.807, 2.05) is 25.4 Å². The van der Waals surface area contributed by atoms with Gasteiger partial charge in [0.1, 0.15) is 0 Å². The number of carbonyl (C=O) groups is 1. The molecular weight excluding hydrogens is 192 g/mol. The first kappa shape index (κ1) is 11.8. The van der Waals surface area contributed by atoms with Crippen molar-refractivity contribution < 1.29 is 9.90 Å². The molecule has 0 aliphatic heterocycles. The Kier molecular flexibility index (Phi) is 4.90. The van der Waals surface area contributed by atoms with E-state index in [9.17, 15) is 4.79 Å². The van der Waals surface area contributed by atoms with Gasteiger partial charge in [-0.1, -0.05) is 0 Å². The monoisotopic (exact) mass is 210 g/mol. The van der Waals surface area contributed by atoms with Crippen LogP contribution in [0.2, 0.25) is 0 Å². The van der Waals surface area contributed by atoms with Crippen LogP contribution >= 0.6 is 0 Å². The van der Waals surface area contributed by atoms with Gasteiger partial charge in [0, 0.05) is 24.9 Å². The molecule has 1 aromatic heterocycles. The van der Waals surface area contributed by atoms with Crippen molar-refractivity contribution in [2.75, 3.05) is 13.6 Å². The zero-order valence-corrected chi connectivity index (χ0v) is 9.07. The minimum absolute atomic E-state index is 0.274. The number of unbranched alkanes of at least 4 members (excludes halogenated alkanes) is 1. The second kappa shape index (κ2) is 6.24. The fourth-order valence-corrected chi connectivity index (χ4v) is 1.49. The molecule has 0 amide bonds. The van der Waals surface area contributed by atoms with Gasteiger partial charge in [0.25, 0.3) is 0 Å². The lowest BCUT2D eigenvalue weighted by Gasteiger charge is -2.14.